The number of rotatable bonds is 6. The Balaban J connectivity index is 1.80. The van der Waals surface area contributed by atoms with Crippen LogP contribution < -0.4 is 10.8 Å². The van der Waals surface area contributed by atoms with E-state index in [1.54, 1.807) is 0 Å². The third-order valence-electron chi connectivity index (χ3n) is 4.59. The van der Waals surface area contributed by atoms with Crippen molar-refractivity contribution in [2.24, 2.45) is 5.92 Å². The molecule has 3 rings (SSSR count). The van der Waals surface area contributed by atoms with Crippen molar-refractivity contribution >= 4 is 55.8 Å². The number of carbonyl (C=O) groups excluding carboxylic acids is 1. The van der Waals surface area contributed by atoms with Crippen LogP contribution in [0.3, 0.4) is 0 Å². The second kappa shape index (κ2) is 8.85. The van der Waals surface area contributed by atoms with Gasteiger partial charge in [0.15, 0.2) is 6.29 Å². The number of halogens is 3. The fraction of sp³-hybridized carbons (Fsp3) is 0.316. The third kappa shape index (κ3) is 4.98. The summed E-state index contributed by atoms with van der Waals surface area (Å²) in [6, 6.07) is 8.40. The molecular weight excluding hydrogens is 530 g/mol. The lowest BCUT2D eigenvalue weighted by Crippen LogP contribution is -2.36. The maximum Gasteiger partial charge on any atom is 0.277 e. The summed E-state index contributed by atoms with van der Waals surface area (Å²) in [4.78, 5) is 17.7. The van der Waals surface area contributed by atoms with Crippen LogP contribution in [0.4, 0.5) is 15.8 Å². The molecule has 0 bridgehead atoms. The van der Waals surface area contributed by atoms with Gasteiger partial charge in [-0.2, -0.15) is 0 Å². The lowest BCUT2D eigenvalue weighted by atomic mass is 9.85. The van der Waals surface area contributed by atoms with E-state index in [0.29, 0.717) is 5.69 Å². The normalized spacial score (nSPS) is 15.1. The molecule has 0 aromatic heterocycles. The van der Waals surface area contributed by atoms with E-state index in [4.69, 9.17) is 4.84 Å². The summed E-state index contributed by atoms with van der Waals surface area (Å²) in [7, 11) is 0. The maximum atomic E-state index is 14.1. The number of carbonyl (C=O) groups is 1. The molecule has 8 heteroatoms. The number of benzene rings is 2. The fourth-order valence-electron chi connectivity index (χ4n) is 2.74. The number of nitrogens with one attached hydrogen (secondary N) is 2. The minimum Gasteiger partial charge on any atom is -0.366 e. The number of hydrogen-bond acceptors (Lipinski definition) is 4. The Kier molecular flexibility index (Phi) is 6.72. The zero-order chi connectivity index (χ0) is 19.6. The number of anilines is 2. The Morgan fingerprint density at radius 2 is 2.07 bits per heavy atom. The average Bonchev–Trinajstić information content (AvgIpc) is 2.56. The van der Waals surface area contributed by atoms with Gasteiger partial charge in [-0.05, 0) is 94.2 Å². The molecule has 0 saturated heterocycles. The van der Waals surface area contributed by atoms with E-state index in [-0.39, 0.29) is 16.0 Å². The van der Waals surface area contributed by atoms with E-state index in [9.17, 15) is 14.3 Å². The zero-order valence-corrected chi connectivity index (χ0v) is 18.3. The van der Waals surface area contributed by atoms with Gasteiger partial charge in [-0.3, -0.25) is 4.79 Å². The largest absolute Gasteiger partial charge is 0.366 e. The van der Waals surface area contributed by atoms with E-state index in [1.165, 1.54) is 12.1 Å². The Labute approximate surface area is 178 Å². The molecule has 2 aromatic rings. The molecule has 1 aliphatic rings. The summed E-state index contributed by atoms with van der Waals surface area (Å²) in [5.74, 6) is -1.02. The highest BCUT2D eigenvalue weighted by molar-refractivity contribution is 14.1. The van der Waals surface area contributed by atoms with Crippen LogP contribution in [-0.2, 0) is 4.84 Å². The predicted molar refractivity (Wildman–Crippen MR) is 113 cm³/mol. The summed E-state index contributed by atoms with van der Waals surface area (Å²) in [5, 5.41) is 13.0. The van der Waals surface area contributed by atoms with Gasteiger partial charge >= 0.3 is 0 Å². The van der Waals surface area contributed by atoms with E-state index in [0.717, 1.165) is 34.1 Å². The van der Waals surface area contributed by atoms with Crippen molar-refractivity contribution in [1.29, 1.82) is 0 Å². The molecule has 1 atom stereocenters. The molecule has 0 heterocycles. The maximum absolute atomic E-state index is 14.1. The molecule has 3 N–H and O–H groups in total. The molecule has 5 nitrogen and oxygen atoms in total. The summed E-state index contributed by atoms with van der Waals surface area (Å²) in [6.07, 6.45) is 1.75. The predicted octanol–water partition coefficient (Wildman–Crippen LogP) is 5.02. The number of amides is 1. The fourth-order valence-corrected chi connectivity index (χ4v) is 3.73. The first kappa shape index (κ1) is 20.5. The second-order valence-electron chi connectivity index (χ2n) is 6.53. The Morgan fingerprint density at radius 3 is 2.70 bits per heavy atom. The van der Waals surface area contributed by atoms with Crippen molar-refractivity contribution in [2.45, 2.75) is 32.5 Å². The Morgan fingerprint density at radius 1 is 1.33 bits per heavy atom. The van der Waals surface area contributed by atoms with E-state index in [1.807, 2.05) is 25.1 Å². The number of hydroxylamine groups is 1. The number of aliphatic hydroxyl groups excluding tert-OH is 1. The van der Waals surface area contributed by atoms with Crippen LogP contribution in [0.15, 0.2) is 34.8 Å². The number of aryl methyl sites for hydroxylation is 1. The van der Waals surface area contributed by atoms with Crippen LogP contribution in [0.25, 0.3) is 0 Å². The van der Waals surface area contributed by atoms with Crippen molar-refractivity contribution in [2.75, 3.05) is 5.32 Å². The molecule has 27 heavy (non-hydrogen) atoms. The monoisotopic (exact) mass is 548 g/mol. The summed E-state index contributed by atoms with van der Waals surface area (Å²) < 4.78 is 15.3. The molecule has 1 aliphatic carbocycles. The van der Waals surface area contributed by atoms with Gasteiger partial charge in [0.1, 0.15) is 5.82 Å². The van der Waals surface area contributed by atoms with Crippen LogP contribution >= 0.6 is 38.5 Å². The van der Waals surface area contributed by atoms with Gasteiger partial charge in [0.25, 0.3) is 5.91 Å². The van der Waals surface area contributed by atoms with Crippen LogP contribution in [0.2, 0.25) is 0 Å². The first-order valence-electron chi connectivity index (χ1n) is 8.51. The quantitative estimate of drug-likeness (QED) is 0.269. The van der Waals surface area contributed by atoms with Crippen LogP contribution in [0.1, 0.15) is 35.2 Å². The topological polar surface area (TPSA) is 70.6 Å². The molecule has 144 valence electrons. The summed E-state index contributed by atoms with van der Waals surface area (Å²) >= 11 is 5.32. The molecule has 0 radical (unpaired) electrons. The highest BCUT2D eigenvalue weighted by atomic mass is 127. The van der Waals surface area contributed by atoms with Gasteiger partial charge in [-0.25, -0.2) is 14.7 Å². The van der Waals surface area contributed by atoms with Crippen LogP contribution in [0.5, 0.6) is 0 Å². The van der Waals surface area contributed by atoms with Crippen molar-refractivity contribution in [3.63, 3.8) is 0 Å². The van der Waals surface area contributed by atoms with Gasteiger partial charge in [0.2, 0.25) is 0 Å². The van der Waals surface area contributed by atoms with Gasteiger partial charge in [-0.15, -0.1) is 0 Å². The molecule has 1 saturated carbocycles. The van der Waals surface area contributed by atoms with Crippen LogP contribution in [0, 0.1) is 22.2 Å². The zero-order valence-electron chi connectivity index (χ0n) is 14.6. The highest BCUT2D eigenvalue weighted by Crippen LogP contribution is 2.31. The number of hydrogen-bond donors (Lipinski definition) is 3. The molecule has 1 fully saturated rings. The Bertz CT molecular complexity index is 861. The molecule has 2 aromatic carbocycles. The molecule has 1 unspecified atom stereocenters. The van der Waals surface area contributed by atoms with E-state index in [2.05, 4.69) is 49.3 Å². The van der Waals surface area contributed by atoms with Gasteiger partial charge in [0, 0.05) is 15.2 Å². The van der Waals surface area contributed by atoms with Gasteiger partial charge < -0.3 is 10.4 Å². The van der Waals surface area contributed by atoms with Gasteiger partial charge in [0.05, 0.1) is 15.7 Å². The average molecular weight is 549 g/mol. The minimum atomic E-state index is -1.04. The lowest BCUT2D eigenvalue weighted by Gasteiger charge is -2.29. The Hall–Kier alpha value is -1.23. The number of aliphatic hydroxyl groups is 1. The molecule has 0 spiro atoms. The SMILES string of the molecule is Cc1cc(I)ccc1Nc1cc(F)c(Br)cc1C(=O)NOC(O)C1CCC1. The first-order chi connectivity index (χ1) is 12.8. The second-order valence-corrected chi connectivity index (χ2v) is 8.63. The van der Waals surface area contributed by atoms with E-state index < -0.39 is 18.0 Å². The summed E-state index contributed by atoms with van der Waals surface area (Å²) in [5.41, 5.74) is 4.50. The van der Waals surface area contributed by atoms with Crippen LogP contribution in [-0.4, -0.2) is 17.3 Å². The smallest absolute Gasteiger partial charge is 0.277 e. The highest BCUT2D eigenvalue weighted by Gasteiger charge is 2.27. The molecule has 1 amide bonds. The minimum absolute atomic E-state index is 0.0392. The first-order valence-corrected chi connectivity index (χ1v) is 10.4. The van der Waals surface area contributed by atoms with Crippen molar-refractivity contribution in [3.05, 3.63) is 55.3 Å². The van der Waals surface area contributed by atoms with E-state index >= 15 is 0 Å². The molecule has 0 aliphatic heterocycles. The standard InChI is InChI=1S/C19H19BrFIN2O3/c1-10-7-12(22)5-6-16(10)23-17-9-15(21)14(20)8-13(17)18(25)24-27-19(26)11-3-2-4-11/h5-9,11,19,23,26H,2-4H2,1H3,(H,24,25). The lowest BCUT2D eigenvalue weighted by molar-refractivity contribution is -0.178. The third-order valence-corrected chi connectivity index (χ3v) is 5.87. The molecular formula is C19H19BrFIN2O3. The summed E-state index contributed by atoms with van der Waals surface area (Å²) in [6.45, 7) is 1.93. The van der Waals surface area contributed by atoms with Crippen molar-refractivity contribution in [1.82, 2.24) is 5.48 Å². The van der Waals surface area contributed by atoms with Crippen molar-refractivity contribution < 1.29 is 19.1 Å². The van der Waals surface area contributed by atoms with Crippen molar-refractivity contribution in [3.8, 4) is 0 Å². The van der Waals surface area contributed by atoms with Gasteiger partial charge in [-0.1, -0.05) is 6.42 Å².